The number of urea groups is 1. The fourth-order valence-corrected chi connectivity index (χ4v) is 2.56. The van der Waals surface area contributed by atoms with E-state index in [9.17, 15) is 4.79 Å². The standard InChI is InChI=1S/C16H24N2O2/c19-12-6-8-14-7-5-9-15(13-14)17-16(20)18-10-3-1-2-4-11-18/h5,7,9,13,19H,1-4,6,8,10-12H2,(H,17,20). The number of aliphatic hydroxyl groups is 1. The number of benzene rings is 1. The van der Waals surface area contributed by atoms with Crippen molar-refractivity contribution in [3.8, 4) is 0 Å². The summed E-state index contributed by atoms with van der Waals surface area (Å²) >= 11 is 0. The van der Waals surface area contributed by atoms with Crippen LogP contribution in [0.1, 0.15) is 37.7 Å². The molecule has 1 heterocycles. The number of aryl methyl sites for hydroxylation is 1. The summed E-state index contributed by atoms with van der Waals surface area (Å²) in [7, 11) is 0. The summed E-state index contributed by atoms with van der Waals surface area (Å²) < 4.78 is 0. The lowest BCUT2D eigenvalue weighted by molar-refractivity contribution is 0.214. The number of rotatable bonds is 4. The summed E-state index contributed by atoms with van der Waals surface area (Å²) in [6.45, 7) is 1.91. The first kappa shape index (κ1) is 14.9. The topological polar surface area (TPSA) is 52.6 Å². The Kier molecular flexibility index (Phi) is 5.87. The van der Waals surface area contributed by atoms with Gasteiger partial charge in [0.1, 0.15) is 0 Å². The number of aliphatic hydroxyl groups excluding tert-OH is 1. The molecule has 1 aliphatic heterocycles. The van der Waals surface area contributed by atoms with Gasteiger partial charge >= 0.3 is 6.03 Å². The summed E-state index contributed by atoms with van der Waals surface area (Å²) in [6.07, 6.45) is 6.24. The largest absolute Gasteiger partial charge is 0.396 e. The number of likely N-dealkylation sites (tertiary alicyclic amines) is 1. The van der Waals surface area contributed by atoms with Crippen LogP contribution < -0.4 is 5.32 Å². The second kappa shape index (κ2) is 7.90. The Morgan fingerprint density at radius 1 is 1.20 bits per heavy atom. The molecule has 4 heteroatoms. The molecule has 20 heavy (non-hydrogen) atoms. The molecule has 1 fully saturated rings. The third kappa shape index (κ3) is 4.53. The zero-order valence-corrected chi connectivity index (χ0v) is 12.0. The minimum atomic E-state index is 0.00575. The van der Waals surface area contributed by atoms with Gasteiger partial charge in [0.15, 0.2) is 0 Å². The van der Waals surface area contributed by atoms with Crippen molar-refractivity contribution in [1.29, 1.82) is 0 Å². The monoisotopic (exact) mass is 276 g/mol. The molecule has 4 nitrogen and oxygen atoms in total. The van der Waals surface area contributed by atoms with Crippen LogP contribution in [0.2, 0.25) is 0 Å². The van der Waals surface area contributed by atoms with Gasteiger partial charge in [-0.2, -0.15) is 0 Å². The van der Waals surface area contributed by atoms with Crippen LogP contribution in [0.5, 0.6) is 0 Å². The fourth-order valence-electron chi connectivity index (χ4n) is 2.56. The van der Waals surface area contributed by atoms with Crippen LogP contribution in [0.3, 0.4) is 0 Å². The van der Waals surface area contributed by atoms with Crippen molar-refractivity contribution in [1.82, 2.24) is 4.90 Å². The first-order chi connectivity index (χ1) is 9.79. The Labute approximate surface area is 120 Å². The first-order valence-electron chi connectivity index (χ1n) is 7.55. The van der Waals surface area contributed by atoms with Gasteiger partial charge in [-0.1, -0.05) is 25.0 Å². The summed E-state index contributed by atoms with van der Waals surface area (Å²) in [4.78, 5) is 14.1. The number of amides is 2. The number of carbonyl (C=O) groups is 1. The fraction of sp³-hybridized carbons (Fsp3) is 0.562. The molecule has 0 saturated carbocycles. The second-order valence-electron chi connectivity index (χ2n) is 5.36. The van der Waals surface area contributed by atoms with Crippen molar-refractivity contribution in [3.05, 3.63) is 29.8 Å². The van der Waals surface area contributed by atoms with Crippen molar-refractivity contribution in [2.45, 2.75) is 38.5 Å². The summed E-state index contributed by atoms with van der Waals surface area (Å²) in [5, 5.41) is 11.8. The van der Waals surface area contributed by atoms with Crippen molar-refractivity contribution in [2.24, 2.45) is 0 Å². The predicted molar refractivity (Wildman–Crippen MR) is 80.9 cm³/mol. The molecule has 1 saturated heterocycles. The quantitative estimate of drug-likeness (QED) is 0.888. The van der Waals surface area contributed by atoms with Crippen molar-refractivity contribution >= 4 is 11.7 Å². The molecule has 0 bridgehead atoms. The minimum Gasteiger partial charge on any atom is -0.396 e. The molecule has 0 atom stereocenters. The highest BCUT2D eigenvalue weighted by atomic mass is 16.2. The van der Waals surface area contributed by atoms with Gasteiger partial charge in [-0.05, 0) is 43.4 Å². The lowest BCUT2D eigenvalue weighted by Gasteiger charge is -2.21. The Hall–Kier alpha value is -1.55. The highest BCUT2D eigenvalue weighted by Gasteiger charge is 2.15. The van der Waals surface area contributed by atoms with Gasteiger partial charge < -0.3 is 15.3 Å². The van der Waals surface area contributed by atoms with E-state index in [1.54, 1.807) is 0 Å². The Bertz CT molecular complexity index is 426. The number of carbonyl (C=O) groups excluding carboxylic acids is 1. The molecule has 2 rings (SSSR count). The molecule has 2 N–H and O–H groups in total. The SMILES string of the molecule is O=C(Nc1cccc(CCCO)c1)N1CCCCCC1. The van der Waals surface area contributed by atoms with E-state index in [4.69, 9.17) is 5.11 Å². The average molecular weight is 276 g/mol. The molecular formula is C16H24N2O2. The van der Waals surface area contributed by atoms with Crippen LogP contribution in [0, 0.1) is 0 Å². The van der Waals surface area contributed by atoms with E-state index in [0.29, 0.717) is 0 Å². The number of anilines is 1. The van der Waals surface area contributed by atoms with E-state index in [1.165, 1.54) is 12.8 Å². The smallest absolute Gasteiger partial charge is 0.321 e. The molecular weight excluding hydrogens is 252 g/mol. The molecule has 2 amide bonds. The van der Waals surface area contributed by atoms with Crippen LogP contribution >= 0.6 is 0 Å². The highest BCUT2D eigenvalue weighted by molar-refractivity contribution is 5.89. The number of hydrogen-bond donors (Lipinski definition) is 2. The zero-order valence-electron chi connectivity index (χ0n) is 12.0. The molecule has 0 aromatic heterocycles. The van der Waals surface area contributed by atoms with Crippen molar-refractivity contribution < 1.29 is 9.90 Å². The molecule has 0 spiro atoms. The molecule has 1 aliphatic rings. The van der Waals surface area contributed by atoms with Crippen LogP contribution in [-0.4, -0.2) is 35.7 Å². The third-order valence-electron chi connectivity index (χ3n) is 3.70. The van der Waals surface area contributed by atoms with Gasteiger partial charge in [0.05, 0.1) is 0 Å². The lowest BCUT2D eigenvalue weighted by atomic mass is 10.1. The molecule has 110 valence electrons. The first-order valence-corrected chi connectivity index (χ1v) is 7.55. The number of hydrogen-bond acceptors (Lipinski definition) is 2. The lowest BCUT2D eigenvalue weighted by Crippen LogP contribution is -2.35. The van der Waals surface area contributed by atoms with Crippen LogP contribution in [0.15, 0.2) is 24.3 Å². The van der Waals surface area contributed by atoms with Crippen molar-refractivity contribution in [2.75, 3.05) is 25.0 Å². The third-order valence-corrected chi connectivity index (χ3v) is 3.70. The highest BCUT2D eigenvalue weighted by Crippen LogP contribution is 2.15. The average Bonchev–Trinajstić information content (AvgIpc) is 2.74. The molecule has 0 unspecified atom stereocenters. The molecule has 0 aliphatic carbocycles. The van der Waals surface area contributed by atoms with Crippen LogP contribution in [0.4, 0.5) is 10.5 Å². The summed E-state index contributed by atoms with van der Waals surface area (Å²) in [5.41, 5.74) is 1.99. The van der Waals surface area contributed by atoms with Gasteiger partial charge in [-0.15, -0.1) is 0 Å². The van der Waals surface area contributed by atoms with E-state index in [0.717, 1.165) is 50.0 Å². The molecule has 1 aromatic rings. The summed E-state index contributed by atoms with van der Waals surface area (Å²) in [6, 6.07) is 7.89. The number of nitrogens with one attached hydrogen (secondary N) is 1. The van der Waals surface area contributed by atoms with Gasteiger partial charge in [0.25, 0.3) is 0 Å². The Morgan fingerprint density at radius 3 is 2.65 bits per heavy atom. The van der Waals surface area contributed by atoms with E-state index in [2.05, 4.69) is 5.32 Å². The molecule has 1 aromatic carbocycles. The maximum atomic E-state index is 12.2. The number of nitrogens with zero attached hydrogens (tertiary/aromatic N) is 1. The van der Waals surface area contributed by atoms with E-state index >= 15 is 0 Å². The van der Waals surface area contributed by atoms with Gasteiger partial charge in [0, 0.05) is 25.4 Å². The van der Waals surface area contributed by atoms with E-state index < -0.39 is 0 Å². The van der Waals surface area contributed by atoms with Crippen LogP contribution in [0.25, 0.3) is 0 Å². The minimum absolute atomic E-state index is 0.00575. The Morgan fingerprint density at radius 2 is 1.95 bits per heavy atom. The maximum absolute atomic E-state index is 12.2. The Balaban J connectivity index is 1.92. The normalized spacial score (nSPS) is 15.8. The van der Waals surface area contributed by atoms with Crippen LogP contribution in [-0.2, 0) is 6.42 Å². The van der Waals surface area contributed by atoms with Gasteiger partial charge in [-0.3, -0.25) is 0 Å². The van der Waals surface area contributed by atoms with E-state index in [-0.39, 0.29) is 12.6 Å². The maximum Gasteiger partial charge on any atom is 0.321 e. The predicted octanol–water partition coefficient (Wildman–Crippen LogP) is 3.02. The van der Waals surface area contributed by atoms with Gasteiger partial charge in [0.2, 0.25) is 0 Å². The summed E-state index contributed by atoms with van der Waals surface area (Å²) in [5.74, 6) is 0. The zero-order chi connectivity index (χ0) is 14.2. The van der Waals surface area contributed by atoms with Crippen molar-refractivity contribution in [3.63, 3.8) is 0 Å². The molecule has 0 radical (unpaired) electrons. The second-order valence-corrected chi connectivity index (χ2v) is 5.36. The van der Waals surface area contributed by atoms with Gasteiger partial charge in [-0.25, -0.2) is 4.79 Å². The van der Waals surface area contributed by atoms with E-state index in [1.807, 2.05) is 29.2 Å².